The highest BCUT2D eigenvalue weighted by molar-refractivity contribution is 9.10. The van der Waals surface area contributed by atoms with Gasteiger partial charge in [0.2, 0.25) is 11.8 Å². The zero-order valence-electron chi connectivity index (χ0n) is 17.6. The molecule has 1 heterocycles. The minimum absolute atomic E-state index is 0.153. The number of hydrogen-bond acceptors (Lipinski definition) is 6. The summed E-state index contributed by atoms with van der Waals surface area (Å²) in [5.41, 5.74) is 2.58. The van der Waals surface area contributed by atoms with Crippen molar-refractivity contribution in [3.05, 3.63) is 45.0 Å². The van der Waals surface area contributed by atoms with Crippen LogP contribution in [0.1, 0.15) is 31.7 Å². The number of imide groups is 1. The summed E-state index contributed by atoms with van der Waals surface area (Å²) in [5, 5.41) is 40.9. The molecule has 0 aromatic heterocycles. The Morgan fingerprint density at radius 2 is 2.00 bits per heavy atom. The molecule has 1 fully saturated rings. The van der Waals surface area contributed by atoms with E-state index in [1.54, 1.807) is 18.2 Å². The van der Waals surface area contributed by atoms with Gasteiger partial charge in [0.25, 0.3) is 0 Å². The Hall–Kier alpha value is -2.00. The summed E-state index contributed by atoms with van der Waals surface area (Å²) in [6.45, 7) is 1.17. The molecule has 0 spiro atoms. The van der Waals surface area contributed by atoms with Crippen molar-refractivity contribution < 1.29 is 30.0 Å². The van der Waals surface area contributed by atoms with Crippen molar-refractivity contribution in [3.8, 4) is 5.75 Å². The lowest BCUT2D eigenvalue weighted by Crippen LogP contribution is -2.39. The maximum Gasteiger partial charge on any atom is 0.233 e. The number of rotatable bonds is 7. The average molecular weight is 494 g/mol. The maximum absolute atomic E-state index is 12.6. The predicted octanol–water partition coefficient (Wildman–Crippen LogP) is 2.23. The number of halogens is 1. The Kier molecular flexibility index (Phi) is 7.36. The van der Waals surface area contributed by atoms with Gasteiger partial charge in [-0.2, -0.15) is 0 Å². The standard InChI is InChI=1S/C23H28BrNO6/c1-12(7-13-8-15(24)4-6-18(13)28)3-5-19(29)20-14(10-26)9-16-21(17(20)11-27)23(31)25(2)22(16)30/h4,6-8,16-17,19,21,26-29H,3,5,9-11H2,1-2H3/b12-7+/t16-,17+,19-,21-/m1/s1. The number of carbonyl (C=O) groups excluding carboxylic acids is 2. The largest absolute Gasteiger partial charge is 0.507 e. The summed E-state index contributed by atoms with van der Waals surface area (Å²) in [6.07, 6.45) is 1.91. The van der Waals surface area contributed by atoms with E-state index in [4.69, 9.17) is 0 Å². The van der Waals surface area contributed by atoms with E-state index in [0.29, 0.717) is 29.6 Å². The van der Waals surface area contributed by atoms with Crippen molar-refractivity contribution in [1.82, 2.24) is 4.90 Å². The van der Waals surface area contributed by atoms with Crippen molar-refractivity contribution >= 4 is 33.8 Å². The molecule has 0 saturated carbocycles. The minimum Gasteiger partial charge on any atom is -0.507 e. The van der Waals surface area contributed by atoms with Crippen LogP contribution < -0.4 is 0 Å². The first kappa shape index (κ1) is 23.7. The third-order valence-electron chi connectivity index (χ3n) is 6.35. The quantitative estimate of drug-likeness (QED) is 0.341. The number of aromatic hydroxyl groups is 1. The fraction of sp³-hybridized carbons (Fsp3) is 0.478. The third kappa shape index (κ3) is 4.62. The highest BCUT2D eigenvalue weighted by Crippen LogP contribution is 2.45. The van der Waals surface area contributed by atoms with Crippen LogP contribution in [-0.2, 0) is 9.59 Å². The number of aliphatic hydroxyl groups excluding tert-OH is 3. The van der Waals surface area contributed by atoms with Gasteiger partial charge in [0.15, 0.2) is 0 Å². The van der Waals surface area contributed by atoms with E-state index in [0.717, 1.165) is 14.9 Å². The van der Waals surface area contributed by atoms with Crippen LogP contribution in [0.2, 0.25) is 0 Å². The monoisotopic (exact) mass is 493 g/mol. The number of nitrogens with zero attached hydrogens (tertiary/aromatic N) is 1. The molecule has 31 heavy (non-hydrogen) atoms. The van der Waals surface area contributed by atoms with Crippen LogP contribution in [0.25, 0.3) is 6.08 Å². The molecule has 1 aromatic rings. The number of benzene rings is 1. The Morgan fingerprint density at radius 3 is 2.65 bits per heavy atom. The number of allylic oxidation sites excluding steroid dienone is 1. The van der Waals surface area contributed by atoms with E-state index in [9.17, 15) is 30.0 Å². The first-order chi connectivity index (χ1) is 14.7. The van der Waals surface area contributed by atoms with Gasteiger partial charge in [0.05, 0.1) is 31.2 Å². The van der Waals surface area contributed by atoms with Crippen molar-refractivity contribution in [1.29, 1.82) is 0 Å². The van der Waals surface area contributed by atoms with E-state index in [2.05, 4.69) is 15.9 Å². The number of phenols is 1. The number of carbonyl (C=O) groups is 2. The fourth-order valence-electron chi connectivity index (χ4n) is 4.76. The normalized spacial score (nSPS) is 25.3. The summed E-state index contributed by atoms with van der Waals surface area (Å²) in [7, 11) is 1.43. The number of aliphatic hydroxyl groups is 3. The highest BCUT2D eigenvalue weighted by atomic mass is 79.9. The second-order valence-electron chi connectivity index (χ2n) is 8.33. The van der Waals surface area contributed by atoms with Crippen LogP contribution in [0, 0.1) is 17.8 Å². The lowest BCUT2D eigenvalue weighted by Gasteiger charge is -2.36. The lowest BCUT2D eigenvalue weighted by molar-refractivity contribution is -0.138. The molecule has 1 aromatic carbocycles. The first-order valence-corrected chi connectivity index (χ1v) is 11.1. The number of likely N-dealkylation sites (tertiary alicyclic amines) is 1. The van der Waals surface area contributed by atoms with Crippen molar-refractivity contribution in [3.63, 3.8) is 0 Å². The van der Waals surface area contributed by atoms with Crippen LogP contribution in [0.5, 0.6) is 5.75 Å². The highest BCUT2D eigenvalue weighted by Gasteiger charge is 2.53. The van der Waals surface area contributed by atoms with Gasteiger partial charge in [-0.1, -0.05) is 27.6 Å². The smallest absolute Gasteiger partial charge is 0.233 e. The molecule has 1 aliphatic heterocycles. The van der Waals surface area contributed by atoms with Crippen molar-refractivity contribution in [2.24, 2.45) is 17.8 Å². The van der Waals surface area contributed by atoms with Crippen LogP contribution in [-0.4, -0.2) is 63.5 Å². The summed E-state index contributed by atoms with van der Waals surface area (Å²) >= 11 is 3.38. The first-order valence-electron chi connectivity index (χ1n) is 10.3. The van der Waals surface area contributed by atoms with Gasteiger partial charge in [-0.15, -0.1) is 0 Å². The van der Waals surface area contributed by atoms with Crippen LogP contribution in [0.4, 0.5) is 0 Å². The van der Waals surface area contributed by atoms with Crippen LogP contribution >= 0.6 is 15.9 Å². The molecular weight excluding hydrogens is 466 g/mol. The fourth-order valence-corrected chi connectivity index (χ4v) is 5.14. The maximum atomic E-state index is 12.6. The van der Waals surface area contributed by atoms with Gasteiger partial charge in [-0.25, -0.2) is 0 Å². The molecule has 8 heteroatoms. The number of amides is 2. The van der Waals surface area contributed by atoms with Gasteiger partial charge < -0.3 is 20.4 Å². The number of hydrogen-bond donors (Lipinski definition) is 4. The van der Waals surface area contributed by atoms with Gasteiger partial charge in [0, 0.05) is 23.0 Å². The van der Waals surface area contributed by atoms with Crippen molar-refractivity contribution in [2.45, 2.75) is 32.3 Å². The Balaban J connectivity index is 1.80. The Morgan fingerprint density at radius 1 is 1.29 bits per heavy atom. The summed E-state index contributed by atoms with van der Waals surface area (Å²) < 4.78 is 0.838. The SMILES string of the molecule is C/C(=C\c1cc(Br)ccc1O)CC[C@@H](O)C1=C(CO)C[C@H]2C(=O)N(C)C(=O)[C@H]2[C@H]1CO. The van der Waals surface area contributed by atoms with Gasteiger partial charge in [-0.05, 0) is 55.5 Å². The summed E-state index contributed by atoms with van der Waals surface area (Å²) in [4.78, 5) is 26.1. The van der Waals surface area contributed by atoms with Crippen molar-refractivity contribution in [2.75, 3.05) is 20.3 Å². The molecule has 1 saturated heterocycles. The molecule has 0 radical (unpaired) electrons. The predicted molar refractivity (Wildman–Crippen MR) is 119 cm³/mol. The average Bonchev–Trinajstić information content (AvgIpc) is 2.97. The van der Waals surface area contributed by atoms with E-state index in [1.165, 1.54) is 7.05 Å². The van der Waals surface area contributed by atoms with E-state index < -0.39 is 23.9 Å². The van der Waals surface area contributed by atoms with E-state index in [-0.39, 0.29) is 37.2 Å². The Labute approximate surface area is 189 Å². The third-order valence-corrected chi connectivity index (χ3v) is 6.85. The molecule has 1 aliphatic carbocycles. The molecule has 2 amide bonds. The topological polar surface area (TPSA) is 118 Å². The van der Waals surface area contributed by atoms with E-state index >= 15 is 0 Å². The number of fused-ring (bicyclic) bond motifs is 1. The van der Waals surface area contributed by atoms with Crippen LogP contribution in [0.15, 0.2) is 39.4 Å². The summed E-state index contributed by atoms with van der Waals surface area (Å²) in [5.74, 6) is -2.51. The zero-order valence-corrected chi connectivity index (χ0v) is 19.2. The minimum atomic E-state index is -0.964. The molecule has 168 valence electrons. The second-order valence-corrected chi connectivity index (χ2v) is 9.24. The van der Waals surface area contributed by atoms with Gasteiger partial charge in [0.1, 0.15) is 5.75 Å². The summed E-state index contributed by atoms with van der Waals surface area (Å²) in [6, 6.07) is 5.13. The second kappa shape index (κ2) is 9.65. The van der Waals surface area contributed by atoms with Gasteiger partial charge in [-0.3, -0.25) is 14.5 Å². The number of phenolic OH excluding ortho intramolecular Hbond substituents is 1. The molecule has 2 aliphatic rings. The van der Waals surface area contributed by atoms with Crippen LogP contribution in [0.3, 0.4) is 0 Å². The molecule has 7 nitrogen and oxygen atoms in total. The molecule has 0 bridgehead atoms. The molecule has 4 N–H and O–H groups in total. The Bertz CT molecular complexity index is 940. The van der Waals surface area contributed by atoms with E-state index in [1.807, 2.05) is 13.0 Å². The van der Waals surface area contributed by atoms with Gasteiger partial charge >= 0.3 is 0 Å². The zero-order chi connectivity index (χ0) is 22.9. The molecule has 3 rings (SSSR count). The molecule has 4 atom stereocenters. The molecule has 0 unspecified atom stereocenters. The lowest BCUT2D eigenvalue weighted by atomic mass is 9.68. The molecular formula is C23H28BrNO6.